The van der Waals surface area contributed by atoms with Crippen molar-refractivity contribution in [3.63, 3.8) is 0 Å². The van der Waals surface area contributed by atoms with E-state index in [9.17, 15) is 4.79 Å². The molecule has 1 unspecified atom stereocenters. The van der Waals surface area contributed by atoms with Gasteiger partial charge < -0.3 is 10.6 Å². The van der Waals surface area contributed by atoms with Crippen LogP contribution >= 0.6 is 27.3 Å². The fraction of sp³-hybridized carbons (Fsp3) is 0.615. The highest BCUT2D eigenvalue weighted by molar-refractivity contribution is 9.10. The summed E-state index contributed by atoms with van der Waals surface area (Å²) in [6.45, 7) is 8.77. The Bertz CT molecular complexity index is 398. The van der Waals surface area contributed by atoms with Crippen LogP contribution in [0.1, 0.15) is 45.0 Å². The molecule has 5 heteroatoms. The van der Waals surface area contributed by atoms with Gasteiger partial charge in [0.15, 0.2) is 0 Å². The highest BCUT2D eigenvalue weighted by atomic mass is 79.9. The summed E-state index contributed by atoms with van der Waals surface area (Å²) < 4.78 is 1.13. The predicted molar refractivity (Wildman–Crippen MR) is 80.9 cm³/mol. The van der Waals surface area contributed by atoms with Crippen molar-refractivity contribution in [3.05, 3.63) is 20.8 Å². The SMILES string of the molecule is CC(NCCC(=O)NC(C)(C)C)c1sccc1Br. The van der Waals surface area contributed by atoms with E-state index < -0.39 is 0 Å². The molecule has 1 aromatic heterocycles. The third-order valence-electron chi connectivity index (χ3n) is 2.36. The van der Waals surface area contributed by atoms with Gasteiger partial charge in [-0.3, -0.25) is 4.79 Å². The molecule has 1 atom stereocenters. The van der Waals surface area contributed by atoms with E-state index in [4.69, 9.17) is 0 Å². The molecule has 0 bridgehead atoms. The summed E-state index contributed by atoms with van der Waals surface area (Å²) in [5, 5.41) is 8.37. The van der Waals surface area contributed by atoms with Crippen molar-refractivity contribution in [2.24, 2.45) is 0 Å². The lowest BCUT2D eigenvalue weighted by Gasteiger charge is -2.21. The fourth-order valence-corrected chi connectivity index (χ4v) is 3.34. The second-order valence-corrected chi connectivity index (χ2v) is 7.16. The van der Waals surface area contributed by atoms with Crippen molar-refractivity contribution in [2.75, 3.05) is 6.54 Å². The standard InChI is InChI=1S/C13H21BrN2OS/c1-9(12-10(14)6-8-18-12)15-7-5-11(17)16-13(2,3)4/h6,8-9,15H,5,7H2,1-4H3,(H,16,17). The number of rotatable bonds is 5. The van der Waals surface area contributed by atoms with Crippen LogP contribution in [-0.2, 0) is 4.79 Å². The first kappa shape index (κ1) is 15.7. The lowest BCUT2D eigenvalue weighted by molar-refractivity contribution is -0.122. The molecule has 3 nitrogen and oxygen atoms in total. The Kier molecular flexibility index (Phi) is 5.82. The zero-order chi connectivity index (χ0) is 13.8. The monoisotopic (exact) mass is 332 g/mol. The molecule has 0 aromatic carbocycles. The summed E-state index contributed by atoms with van der Waals surface area (Å²) in [7, 11) is 0. The third-order valence-corrected chi connectivity index (χ3v) is 4.41. The van der Waals surface area contributed by atoms with Crippen molar-refractivity contribution in [1.29, 1.82) is 0 Å². The normalized spacial score (nSPS) is 13.4. The fourth-order valence-electron chi connectivity index (χ4n) is 1.59. The van der Waals surface area contributed by atoms with E-state index in [1.54, 1.807) is 11.3 Å². The molecule has 0 aliphatic carbocycles. The second-order valence-electron chi connectivity index (χ2n) is 5.36. The van der Waals surface area contributed by atoms with Crippen LogP contribution in [0.15, 0.2) is 15.9 Å². The van der Waals surface area contributed by atoms with E-state index in [0.29, 0.717) is 13.0 Å². The Hall–Kier alpha value is -0.390. The van der Waals surface area contributed by atoms with Crippen molar-refractivity contribution in [2.45, 2.75) is 45.7 Å². The molecule has 0 saturated carbocycles. The largest absolute Gasteiger partial charge is 0.351 e. The van der Waals surface area contributed by atoms with Crippen LogP contribution in [0.25, 0.3) is 0 Å². The van der Waals surface area contributed by atoms with Crippen LogP contribution in [-0.4, -0.2) is 18.0 Å². The van der Waals surface area contributed by atoms with Crippen LogP contribution in [0, 0.1) is 0 Å². The molecular formula is C13H21BrN2OS. The minimum atomic E-state index is -0.153. The molecule has 0 spiro atoms. The number of hydrogen-bond acceptors (Lipinski definition) is 3. The first-order chi connectivity index (χ1) is 8.29. The number of carbonyl (C=O) groups is 1. The molecule has 1 aromatic rings. The Morgan fingerprint density at radius 3 is 2.67 bits per heavy atom. The van der Waals surface area contributed by atoms with Gasteiger partial charge in [-0.2, -0.15) is 0 Å². The smallest absolute Gasteiger partial charge is 0.221 e. The maximum atomic E-state index is 11.6. The molecular weight excluding hydrogens is 312 g/mol. The van der Waals surface area contributed by atoms with Gasteiger partial charge in [-0.05, 0) is 55.1 Å². The average Bonchev–Trinajstić information content (AvgIpc) is 2.61. The van der Waals surface area contributed by atoms with E-state index in [1.807, 2.05) is 26.8 Å². The van der Waals surface area contributed by atoms with Crippen LogP contribution < -0.4 is 10.6 Å². The average molecular weight is 333 g/mol. The van der Waals surface area contributed by atoms with Gasteiger partial charge in [0.05, 0.1) is 0 Å². The summed E-state index contributed by atoms with van der Waals surface area (Å²) >= 11 is 5.24. The lowest BCUT2D eigenvalue weighted by atomic mass is 10.1. The number of hydrogen-bond donors (Lipinski definition) is 2. The van der Waals surface area contributed by atoms with Crippen LogP contribution in [0.4, 0.5) is 0 Å². The van der Waals surface area contributed by atoms with Crippen LogP contribution in [0.2, 0.25) is 0 Å². The highest BCUT2D eigenvalue weighted by Gasteiger charge is 2.14. The van der Waals surface area contributed by atoms with Crippen molar-refractivity contribution < 1.29 is 4.79 Å². The van der Waals surface area contributed by atoms with E-state index >= 15 is 0 Å². The quantitative estimate of drug-likeness (QED) is 0.866. The molecule has 18 heavy (non-hydrogen) atoms. The van der Waals surface area contributed by atoms with Gasteiger partial charge in [0, 0.05) is 33.9 Å². The van der Waals surface area contributed by atoms with Crippen LogP contribution in [0.3, 0.4) is 0 Å². The number of nitrogens with one attached hydrogen (secondary N) is 2. The number of thiophene rings is 1. The van der Waals surface area contributed by atoms with Crippen molar-refractivity contribution in [1.82, 2.24) is 10.6 Å². The maximum Gasteiger partial charge on any atom is 0.221 e. The Morgan fingerprint density at radius 2 is 2.17 bits per heavy atom. The van der Waals surface area contributed by atoms with Crippen molar-refractivity contribution in [3.8, 4) is 0 Å². The van der Waals surface area contributed by atoms with Crippen molar-refractivity contribution >= 4 is 33.2 Å². The predicted octanol–water partition coefficient (Wildman–Crippen LogP) is 3.47. The van der Waals surface area contributed by atoms with Gasteiger partial charge >= 0.3 is 0 Å². The van der Waals surface area contributed by atoms with Gasteiger partial charge in [-0.25, -0.2) is 0 Å². The Balaban J connectivity index is 2.30. The third kappa shape index (κ3) is 5.50. The molecule has 0 aliphatic rings. The Morgan fingerprint density at radius 1 is 1.50 bits per heavy atom. The zero-order valence-corrected chi connectivity index (χ0v) is 13.7. The Labute approximate surface area is 121 Å². The molecule has 2 N–H and O–H groups in total. The van der Waals surface area contributed by atoms with Gasteiger partial charge in [-0.1, -0.05) is 0 Å². The summed E-state index contributed by atoms with van der Waals surface area (Å²) in [5.41, 5.74) is -0.153. The summed E-state index contributed by atoms with van der Waals surface area (Å²) in [6, 6.07) is 2.31. The second kappa shape index (κ2) is 6.68. The van der Waals surface area contributed by atoms with Crippen LogP contribution in [0.5, 0.6) is 0 Å². The van der Waals surface area contributed by atoms with Gasteiger partial charge in [0.1, 0.15) is 0 Å². The molecule has 1 heterocycles. The first-order valence-electron chi connectivity index (χ1n) is 6.07. The molecule has 0 aliphatic heterocycles. The number of halogens is 1. The van der Waals surface area contributed by atoms with Gasteiger partial charge in [-0.15, -0.1) is 11.3 Å². The molecule has 0 saturated heterocycles. The topological polar surface area (TPSA) is 41.1 Å². The maximum absolute atomic E-state index is 11.6. The van der Waals surface area contributed by atoms with Gasteiger partial charge in [0.2, 0.25) is 5.91 Å². The molecule has 0 radical (unpaired) electrons. The first-order valence-corrected chi connectivity index (χ1v) is 7.74. The van der Waals surface area contributed by atoms with E-state index in [2.05, 4.69) is 38.9 Å². The summed E-state index contributed by atoms with van der Waals surface area (Å²) in [5.74, 6) is 0.0902. The summed E-state index contributed by atoms with van der Waals surface area (Å²) in [4.78, 5) is 12.9. The molecule has 1 rings (SSSR count). The molecule has 1 amide bonds. The summed E-state index contributed by atoms with van der Waals surface area (Å²) in [6.07, 6.45) is 0.505. The minimum Gasteiger partial charge on any atom is -0.351 e. The van der Waals surface area contributed by atoms with E-state index in [-0.39, 0.29) is 17.5 Å². The molecule has 102 valence electrons. The zero-order valence-electron chi connectivity index (χ0n) is 11.3. The van der Waals surface area contributed by atoms with E-state index in [1.165, 1.54) is 4.88 Å². The number of amides is 1. The van der Waals surface area contributed by atoms with Gasteiger partial charge in [0.25, 0.3) is 0 Å². The van der Waals surface area contributed by atoms with E-state index in [0.717, 1.165) is 4.47 Å². The number of carbonyl (C=O) groups excluding carboxylic acids is 1. The minimum absolute atomic E-state index is 0.0902. The lowest BCUT2D eigenvalue weighted by Crippen LogP contribution is -2.41. The highest BCUT2D eigenvalue weighted by Crippen LogP contribution is 2.28. The molecule has 0 fully saturated rings.